The molecule has 7 aromatic rings. The summed E-state index contributed by atoms with van der Waals surface area (Å²) in [5.41, 5.74) is 10.7. The molecule has 0 atom stereocenters. The number of nitrogens with two attached hydrogens (primary N) is 1. The Balaban J connectivity index is 0.000000205. The first-order chi connectivity index (χ1) is 30.5. The second-order valence-electron chi connectivity index (χ2n) is 13.0. The van der Waals surface area contributed by atoms with Gasteiger partial charge in [0.05, 0.1) is 47.0 Å². The van der Waals surface area contributed by atoms with Crippen molar-refractivity contribution in [2.45, 2.75) is 15.5 Å². The Kier molecular flexibility index (Phi) is 19.4. The van der Waals surface area contributed by atoms with E-state index < -0.39 is 18.9 Å². The molecular weight excluding hydrogens is 944 g/mol. The van der Waals surface area contributed by atoms with E-state index in [4.69, 9.17) is 74.9 Å². The number of halogens is 4. The van der Waals surface area contributed by atoms with Crippen molar-refractivity contribution in [3.63, 3.8) is 0 Å². The molecule has 5 aromatic carbocycles. The molecule has 2 heterocycles. The van der Waals surface area contributed by atoms with Gasteiger partial charge in [-0.15, -0.1) is 0 Å². The van der Waals surface area contributed by atoms with Crippen LogP contribution in [0.25, 0.3) is 22.3 Å². The summed E-state index contributed by atoms with van der Waals surface area (Å²) >= 11 is 17.2. The van der Waals surface area contributed by atoms with E-state index in [1.54, 1.807) is 70.4 Å². The van der Waals surface area contributed by atoms with Gasteiger partial charge in [-0.1, -0.05) is 59.1 Å². The van der Waals surface area contributed by atoms with Crippen LogP contribution in [-0.2, 0) is 24.6 Å². The second-order valence-corrected chi connectivity index (χ2v) is 18.8. The van der Waals surface area contributed by atoms with Crippen LogP contribution in [-0.4, -0.2) is 62.4 Å². The average molecular weight is 988 g/mol. The van der Waals surface area contributed by atoms with Crippen molar-refractivity contribution in [3.8, 4) is 51.0 Å². The number of rotatable bonds is 11. The molecule has 2 N–H and O–H groups in total. The molecule has 18 heteroatoms. The molecule has 0 aliphatic rings. The molecule has 0 aliphatic heterocycles. The predicted molar refractivity (Wildman–Crippen MR) is 255 cm³/mol. The van der Waals surface area contributed by atoms with Crippen LogP contribution < -0.4 is 29.4 Å². The zero-order chi connectivity index (χ0) is 46.9. The number of nitrogen functional groups attached to an aromatic ring is 1. The zero-order valence-electron chi connectivity index (χ0n) is 35.0. The molecule has 0 spiro atoms. The van der Waals surface area contributed by atoms with Crippen LogP contribution in [0.1, 0.15) is 5.56 Å². The van der Waals surface area contributed by atoms with Gasteiger partial charge in [0.2, 0.25) is 0 Å². The highest BCUT2D eigenvalue weighted by Crippen LogP contribution is 2.32. The quantitative estimate of drug-likeness (QED) is 0.122. The summed E-state index contributed by atoms with van der Waals surface area (Å²) in [4.78, 5) is 8.18. The van der Waals surface area contributed by atoms with E-state index >= 15 is 0 Å². The Hall–Kier alpha value is -5.74. The molecule has 0 saturated carbocycles. The first-order valence-electron chi connectivity index (χ1n) is 18.6. The van der Waals surface area contributed by atoms with Gasteiger partial charge in [0.15, 0.2) is 9.84 Å². The topological polar surface area (TPSA) is 166 Å². The van der Waals surface area contributed by atoms with Crippen molar-refractivity contribution < 1.29 is 40.5 Å². The molecule has 64 heavy (non-hydrogen) atoms. The lowest BCUT2D eigenvalue weighted by Crippen LogP contribution is -2.07. The fourth-order valence-electron chi connectivity index (χ4n) is 5.51. The second kappa shape index (κ2) is 24.4. The zero-order valence-corrected chi connectivity index (χ0v) is 39.7. The van der Waals surface area contributed by atoms with Crippen LogP contribution >= 0.6 is 45.5 Å². The number of sulfone groups is 1. The minimum atomic E-state index is -3.81. The number of aromatic nitrogens is 2. The smallest absolute Gasteiger partial charge is 0.265 e. The third kappa shape index (κ3) is 15.5. The fourth-order valence-corrected chi connectivity index (χ4v) is 8.65. The molecule has 336 valence electrons. The molecule has 0 radical (unpaired) electrons. The van der Waals surface area contributed by atoms with Gasteiger partial charge in [0.25, 0.3) is 9.05 Å². The molecule has 0 saturated heterocycles. The van der Waals surface area contributed by atoms with Crippen molar-refractivity contribution in [2.24, 2.45) is 0 Å². The highest BCUT2D eigenvalue weighted by atomic mass is 35.7. The van der Waals surface area contributed by atoms with Crippen molar-refractivity contribution in [1.82, 2.24) is 9.97 Å². The molecule has 12 nitrogen and oxygen atoms in total. The summed E-state index contributed by atoms with van der Waals surface area (Å²) in [7, 11) is 5.35. The van der Waals surface area contributed by atoms with Gasteiger partial charge in [-0.05, 0) is 114 Å². The number of hydrogen-bond acceptors (Lipinski definition) is 12. The number of hydrogen-bond donors (Lipinski definition) is 1. The fraction of sp³-hybridized carbons (Fsp3) is 0.130. The van der Waals surface area contributed by atoms with E-state index in [1.807, 2.05) is 72.8 Å². The molecule has 0 fully saturated rings. The number of benzene rings is 5. The Morgan fingerprint density at radius 1 is 0.469 bits per heavy atom. The van der Waals surface area contributed by atoms with E-state index in [1.165, 1.54) is 38.5 Å². The Bertz CT molecular complexity index is 2820. The summed E-state index contributed by atoms with van der Waals surface area (Å²) in [6, 6.07) is 34.9. The molecule has 0 aliphatic carbocycles. The molecular formula is C46H43Cl4N3O9S2. The monoisotopic (exact) mass is 985 g/mol. The van der Waals surface area contributed by atoms with Crippen LogP contribution in [0.4, 0.5) is 5.69 Å². The Morgan fingerprint density at radius 3 is 1.31 bits per heavy atom. The lowest BCUT2D eigenvalue weighted by atomic mass is 10.1. The predicted octanol–water partition coefficient (Wildman–Crippen LogP) is 11.4. The highest BCUT2D eigenvalue weighted by Gasteiger charge is 2.21. The number of pyridine rings is 2. The molecule has 0 bridgehead atoms. The van der Waals surface area contributed by atoms with E-state index in [0.717, 1.165) is 44.5 Å². The van der Waals surface area contributed by atoms with Gasteiger partial charge in [-0.2, -0.15) is 0 Å². The minimum absolute atomic E-state index is 0.0624. The van der Waals surface area contributed by atoms with E-state index in [0.29, 0.717) is 21.3 Å². The van der Waals surface area contributed by atoms with Gasteiger partial charge in [0.1, 0.15) is 38.5 Å². The average Bonchev–Trinajstić information content (AvgIpc) is 3.29. The van der Waals surface area contributed by atoms with Gasteiger partial charge < -0.3 is 29.4 Å². The standard InChI is InChI=1S/C20H18ClNO4S.C12H12N2O.C7H6Cl2O3S.C7H7ClO/c1-25-18-6-3-15(4-7-18)16-9-14(11-22-12-16)13-27(23,24)20-10-17(21)5-8-19(20)26-2;1-15-12-4-2-9(3-5-12)10-6-11(13)8-14-7-10;1-12-6-3-2-5(8)4-7(6)13(9,10)11;1-9-7-4-2-6(8)3-5-7/h3-12H,13H2,1-2H3;2-8H,13H2,1H3;2-4H,1H3;2-5H,1H3. The van der Waals surface area contributed by atoms with Crippen LogP contribution in [0.3, 0.4) is 0 Å². The third-order valence-electron chi connectivity index (χ3n) is 8.66. The van der Waals surface area contributed by atoms with Gasteiger partial charge in [-0.25, -0.2) is 16.8 Å². The molecule has 7 rings (SSSR count). The van der Waals surface area contributed by atoms with Crippen molar-refractivity contribution in [2.75, 3.05) is 41.3 Å². The van der Waals surface area contributed by atoms with Crippen molar-refractivity contribution in [3.05, 3.63) is 167 Å². The first-order valence-corrected chi connectivity index (χ1v) is 23.7. The lowest BCUT2D eigenvalue weighted by Gasteiger charge is -2.11. The summed E-state index contributed by atoms with van der Waals surface area (Å²) in [5.74, 6) is 2.66. The van der Waals surface area contributed by atoms with Crippen LogP contribution in [0.2, 0.25) is 15.1 Å². The van der Waals surface area contributed by atoms with Crippen LogP contribution in [0.5, 0.6) is 28.7 Å². The highest BCUT2D eigenvalue weighted by molar-refractivity contribution is 8.13. The van der Waals surface area contributed by atoms with Crippen LogP contribution in [0, 0.1) is 0 Å². The SMILES string of the molecule is COc1ccc(-c2cncc(CS(=O)(=O)c3cc(Cl)ccc3OC)c2)cc1.COc1ccc(-c2cncc(N)c2)cc1.COc1ccc(Cl)cc1.COc1ccc(Cl)cc1S(=O)(=O)Cl. The maximum absolute atomic E-state index is 12.9. The van der Waals surface area contributed by atoms with Crippen molar-refractivity contribution >= 4 is 70.1 Å². The minimum Gasteiger partial charge on any atom is -0.497 e. The maximum Gasteiger partial charge on any atom is 0.265 e. The normalized spacial score (nSPS) is 10.6. The summed E-state index contributed by atoms with van der Waals surface area (Å²) < 4.78 is 72.9. The molecule has 0 unspecified atom stereocenters. The number of nitrogens with zero attached hydrogens (tertiary/aromatic N) is 2. The third-order valence-corrected chi connectivity index (χ3v) is 12.4. The van der Waals surface area contributed by atoms with E-state index in [9.17, 15) is 16.8 Å². The van der Waals surface area contributed by atoms with Gasteiger partial charge >= 0.3 is 0 Å². The van der Waals surface area contributed by atoms with E-state index in [2.05, 4.69) is 9.97 Å². The van der Waals surface area contributed by atoms with Crippen LogP contribution in [0.15, 0.2) is 156 Å². The lowest BCUT2D eigenvalue weighted by molar-refractivity contribution is 0.402. The summed E-state index contributed by atoms with van der Waals surface area (Å²) in [5, 5.41) is 1.36. The molecule has 2 aromatic heterocycles. The Labute approximate surface area is 392 Å². The largest absolute Gasteiger partial charge is 0.497 e. The number of methoxy groups -OCH3 is 5. The van der Waals surface area contributed by atoms with Gasteiger partial charge in [0, 0.05) is 61.7 Å². The summed E-state index contributed by atoms with van der Waals surface area (Å²) in [6.07, 6.45) is 6.66. The first kappa shape index (κ1) is 50.9. The number of ether oxygens (including phenoxy) is 5. The van der Waals surface area contributed by atoms with Crippen molar-refractivity contribution in [1.29, 1.82) is 0 Å². The maximum atomic E-state index is 12.9. The van der Waals surface area contributed by atoms with E-state index in [-0.39, 0.29) is 27.0 Å². The summed E-state index contributed by atoms with van der Waals surface area (Å²) in [6.45, 7) is 0. The Morgan fingerprint density at radius 2 is 0.875 bits per heavy atom. The molecule has 0 amide bonds. The number of anilines is 1. The van der Waals surface area contributed by atoms with Gasteiger partial charge in [-0.3, -0.25) is 9.97 Å².